The summed E-state index contributed by atoms with van der Waals surface area (Å²) in [5.41, 5.74) is 3.99. The highest BCUT2D eigenvalue weighted by molar-refractivity contribution is 7.25. The third kappa shape index (κ3) is 2.25. The topological polar surface area (TPSA) is 25.2 Å². The van der Waals surface area contributed by atoms with Crippen molar-refractivity contribution in [1.29, 1.82) is 0 Å². The van der Waals surface area contributed by atoms with Gasteiger partial charge in [-0.2, -0.15) is 0 Å². The minimum Gasteiger partial charge on any atom is -0.456 e. The second kappa shape index (κ2) is 5.60. The van der Waals surface area contributed by atoms with Gasteiger partial charge in [-0.05, 0) is 36.4 Å². The van der Waals surface area contributed by atoms with E-state index < -0.39 is 0 Å². The fourth-order valence-corrected chi connectivity index (χ4v) is 4.97. The zero-order valence-corrected chi connectivity index (χ0v) is 15.2. The van der Waals surface area contributed by atoms with Crippen LogP contribution in [0.1, 0.15) is 0 Å². The minimum atomic E-state index is 0.906. The Hall–Kier alpha value is -3.30. The van der Waals surface area contributed by atoms with Crippen molar-refractivity contribution in [3.05, 3.63) is 84.9 Å². The second-order valence-electron chi connectivity index (χ2n) is 6.71. The molecule has 0 radical (unpaired) electrons. The minimum absolute atomic E-state index is 0.906. The summed E-state index contributed by atoms with van der Waals surface area (Å²) in [5.74, 6) is 0. The molecule has 2 heterocycles. The predicted octanol–water partition coefficient (Wildman–Crippen LogP) is 7.70. The molecule has 0 spiro atoms. The molecule has 0 aliphatic carbocycles. The SMILES string of the molecule is c1ccc2c(c1)oc1cc(Nc3cccc4sc5ccccc5c34)ccc12. The van der Waals surface area contributed by atoms with Gasteiger partial charge in [0, 0.05) is 48.4 Å². The molecule has 2 nitrogen and oxygen atoms in total. The van der Waals surface area contributed by atoms with Crippen LogP contribution in [0.25, 0.3) is 42.1 Å². The summed E-state index contributed by atoms with van der Waals surface area (Å²) in [6.07, 6.45) is 0. The zero-order valence-electron chi connectivity index (χ0n) is 14.4. The largest absolute Gasteiger partial charge is 0.456 e. The highest BCUT2D eigenvalue weighted by Gasteiger charge is 2.11. The molecule has 0 saturated carbocycles. The summed E-state index contributed by atoms with van der Waals surface area (Å²) in [7, 11) is 0. The molecular formula is C24H15NOS. The molecule has 0 fully saturated rings. The summed E-state index contributed by atoms with van der Waals surface area (Å²) >= 11 is 1.83. The van der Waals surface area contributed by atoms with Crippen molar-refractivity contribution >= 4 is 64.8 Å². The maximum atomic E-state index is 6.04. The molecule has 1 N–H and O–H groups in total. The lowest BCUT2D eigenvalue weighted by atomic mass is 10.1. The van der Waals surface area contributed by atoms with Crippen LogP contribution in [-0.2, 0) is 0 Å². The second-order valence-corrected chi connectivity index (χ2v) is 7.79. The van der Waals surface area contributed by atoms with Crippen LogP contribution >= 0.6 is 11.3 Å². The third-order valence-corrected chi connectivity index (χ3v) is 6.20. The maximum absolute atomic E-state index is 6.04. The van der Waals surface area contributed by atoms with Gasteiger partial charge in [-0.1, -0.05) is 42.5 Å². The monoisotopic (exact) mass is 365 g/mol. The molecule has 0 amide bonds. The van der Waals surface area contributed by atoms with E-state index in [1.165, 1.54) is 20.2 Å². The average Bonchev–Trinajstić information content (AvgIpc) is 3.26. The van der Waals surface area contributed by atoms with Crippen LogP contribution in [0.15, 0.2) is 89.3 Å². The number of nitrogens with one attached hydrogen (secondary N) is 1. The van der Waals surface area contributed by atoms with Gasteiger partial charge in [0.25, 0.3) is 0 Å². The van der Waals surface area contributed by atoms with Crippen molar-refractivity contribution in [2.75, 3.05) is 5.32 Å². The van der Waals surface area contributed by atoms with E-state index in [9.17, 15) is 0 Å². The van der Waals surface area contributed by atoms with Gasteiger partial charge in [0.05, 0.1) is 0 Å². The first kappa shape index (κ1) is 14.8. The van der Waals surface area contributed by atoms with E-state index in [0.717, 1.165) is 33.3 Å². The molecular weight excluding hydrogens is 350 g/mol. The number of fused-ring (bicyclic) bond motifs is 6. The lowest BCUT2D eigenvalue weighted by Gasteiger charge is -2.08. The van der Waals surface area contributed by atoms with Crippen LogP contribution in [0.4, 0.5) is 11.4 Å². The van der Waals surface area contributed by atoms with E-state index in [1.54, 1.807) is 0 Å². The van der Waals surface area contributed by atoms with Crippen molar-refractivity contribution < 1.29 is 4.42 Å². The summed E-state index contributed by atoms with van der Waals surface area (Å²) in [4.78, 5) is 0. The molecule has 4 aromatic carbocycles. The molecule has 6 aromatic rings. The first-order chi connectivity index (χ1) is 13.4. The molecule has 0 aliphatic rings. The number of hydrogen-bond donors (Lipinski definition) is 1. The number of benzene rings is 4. The highest BCUT2D eigenvalue weighted by Crippen LogP contribution is 2.39. The molecule has 0 atom stereocenters. The number of thiophene rings is 1. The Kier molecular flexibility index (Phi) is 3.07. The van der Waals surface area contributed by atoms with E-state index in [1.807, 2.05) is 29.5 Å². The lowest BCUT2D eigenvalue weighted by Crippen LogP contribution is -1.90. The fraction of sp³-hybridized carbons (Fsp3) is 0. The van der Waals surface area contributed by atoms with Crippen molar-refractivity contribution in [3.8, 4) is 0 Å². The number of rotatable bonds is 2. The summed E-state index contributed by atoms with van der Waals surface area (Å²) in [5, 5.41) is 8.49. The van der Waals surface area contributed by atoms with Crippen molar-refractivity contribution in [1.82, 2.24) is 0 Å². The van der Waals surface area contributed by atoms with Gasteiger partial charge in [-0.3, -0.25) is 0 Å². The Labute approximate surface area is 159 Å². The fourth-order valence-electron chi connectivity index (χ4n) is 3.84. The number of hydrogen-bond acceptors (Lipinski definition) is 3. The van der Waals surface area contributed by atoms with Gasteiger partial charge < -0.3 is 9.73 Å². The molecule has 128 valence electrons. The van der Waals surface area contributed by atoms with E-state index in [4.69, 9.17) is 4.42 Å². The number of para-hydroxylation sites is 1. The van der Waals surface area contributed by atoms with E-state index in [0.29, 0.717) is 0 Å². The van der Waals surface area contributed by atoms with Crippen LogP contribution in [-0.4, -0.2) is 0 Å². The van der Waals surface area contributed by atoms with Crippen molar-refractivity contribution in [3.63, 3.8) is 0 Å². The van der Waals surface area contributed by atoms with Gasteiger partial charge in [0.15, 0.2) is 0 Å². The van der Waals surface area contributed by atoms with E-state index in [2.05, 4.69) is 72.0 Å². The molecule has 3 heteroatoms. The molecule has 6 rings (SSSR count). The molecule has 27 heavy (non-hydrogen) atoms. The predicted molar refractivity (Wildman–Crippen MR) is 116 cm³/mol. The average molecular weight is 365 g/mol. The molecule has 0 unspecified atom stereocenters. The number of furan rings is 1. The summed E-state index contributed by atoms with van der Waals surface area (Å²) in [6.45, 7) is 0. The molecule has 2 aromatic heterocycles. The van der Waals surface area contributed by atoms with Crippen molar-refractivity contribution in [2.24, 2.45) is 0 Å². The first-order valence-electron chi connectivity index (χ1n) is 8.95. The van der Waals surface area contributed by atoms with Crippen molar-refractivity contribution in [2.45, 2.75) is 0 Å². The maximum Gasteiger partial charge on any atom is 0.137 e. The van der Waals surface area contributed by atoms with Crippen LogP contribution in [0, 0.1) is 0 Å². The standard InChI is InChI=1S/C24H15NOS/c1-3-9-20-16(6-1)17-13-12-15(14-21(17)26-20)25-19-8-5-11-23-24(19)18-7-2-4-10-22(18)27-23/h1-14,25H. The highest BCUT2D eigenvalue weighted by atomic mass is 32.1. The Morgan fingerprint density at radius 3 is 2.37 bits per heavy atom. The Bertz CT molecular complexity index is 1460. The third-order valence-electron chi connectivity index (χ3n) is 5.06. The smallest absolute Gasteiger partial charge is 0.137 e. The van der Waals surface area contributed by atoms with Crippen LogP contribution in [0.2, 0.25) is 0 Å². The quantitative estimate of drug-likeness (QED) is 0.340. The molecule has 0 bridgehead atoms. The van der Waals surface area contributed by atoms with Gasteiger partial charge in [-0.25, -0.2) is 0 Å². The summed E-state index contributed by atoms with van der Waals surface area (Å²) < 4.78 is 8.65. The normalized spacial score (nSPS) is 11.7. The number of anilines is 2. The first-order valence-corrected chi connectivity index (χ1v) is 9.77. The Morgan fingerprint density at radius 1 is 0.630 bits per heavy atom. The van der Waals surface area contributed by atoms with Crippen LogP contribution in [0.5, 0.6) is 0 Å². The molecule has 0 saturated heterocycles. The Morgan fingerprint density at radius 2 is 1.41 bits per heavy atom. The lowest BCUT2D eigenvalue weighted by molar-refractivity contribution is 0.669. The zero-order chi connectivity index (χ0) is 17.8. The van der Waals surface area contributed by atoms with Gasteiger partial charge in [-0.15, -0.1) is 11.3 Å². The van der Waals surface area contributed by atoms with Crippen LogP contribution in [0.3, 0.4) is 0 Å². The van der Waals surface area contributed by atoms with Gasteiger partial charge in [0.2, 0.25) is 0 Å². The van der Waals surface area contributed by atoms with E-state index >= 15 is 0 Å². The van der Waals surface area contributed by atoms with Gasteiger partial charge >= 0.3 is 0 Å². The van der Waals surface area contributed by atoms with Crippen LogP contribution < -0.4 is 5.32 Å². The van der Waals surface area contributed by atoms with E-state index in [-0.39, 0.29) is 0 Å². The molecule has 0 aliphatic heterocycles. The summed E-state index contributed by atoms with van der Waals surface area (Å²) in [6, 6.07) is 29.5. The van der Waals surface area contributed by atoms with Gasteiger partial charge in [0.1, 0.15) is 11.2 Å². The Balaban J connectivity index is 1.51.